The average molecular weight is 802 g/mol. The van der Waals surface area contributed by atoms with Gasteiger partial charge in [-0.15, -0.1) is 11.8 Å². The van der Waals surface area contributed by atoms with Gasteiger partial charge in [0.2, 0.25) is 0 Å². The Morgan fingerprint density at radius 2 is 1.05 bits per heavy atom. The zero-order valence-corrected chi connectivity index (χ0v) is 32.5. The summed E-state index contributed by atoms with van der Waals surface area (Å²) in [5.41, 5.74) is 4.62. The van der Waals surface area contributed by atoms with Crippen LogP contribution in [-0.4, -0.2) is 87.3 Å². The lowest BCUT2D eigenvalue weighted by atomic mass is 9.84. The lowest BCUT2D eigenvalue weighted by molar-refractivity contribution is -0.385. The number of piperazine rings is 1. The Morgan fingerprint density at radius 1 is 0.621 bits per heavy atom. The normalized spacial score (nSPS) is 17.1. The molecule has 0 saturated carbocycles. The fraction of sp³-hybridized carbons (Fsp3) is 0.273. The summed E-state index contributed by atoms with van der Waals surface area (Å²) in [5.74, 6) is 0. The van der Waals surface area contributed by atoms with E-state index in [1.807, 2.05) is 34.9 Å². The number of carbonyl (C=O) groups excluding carboxylic acids is 2. The van der Waals surface area contributed by atoms with E-state index >= 15 is 0 Å². The zero-order valence-electron chi connectivity index (χ0n) is 31.7. The molecule has 0 spiro atoms. The first-order valence-electron chi connectivity index (χ1n) is 19.1. The fourth-order valence-electron chi connectivity index (χ4n) is 7.63. The third-order valence-corrected chi connectivity index (χ3v) is 12.3. The largest absolute Gasteiger partial charge is 0.445 e. The number of rotatable bonds is 13. The number of amides is 2. The van der Waals surface area contributed by atoms with Gasteiger partial charge in [-0.2, -0.15) is 0 Å². The first-order chi connectivity index (χ1) is 28.2. The molecular formula is C44H43N5O8S. The summed E-state index contributed by atoms with van der Waals surface area (Å²) in [5, 5.41) is 22.2. The van der Waals surface area contributed by atoms with E-state index in [1.54, 1.807) is 29.2 Å². The van der Waals surface area contributed by atoms with E-state index in [2.05, 4.69) is 77.7 Å². The Labute approximate surface area is 340 Å². The predicted molar refractivity (Wildman–Crippen MR) is 220 cm³/mol. The van der Waals surface area contributed by atoms with Gasteiger partial charge in [0.1, 0.15) is 13.2 Å². The van der Waals surface area contributed by atoms with Crippen molar-refractivity contribution in [2.75, 3.05) is 39.3 Å². The maximum absolute atomic E-state index is 14.0. The molecule has 5 aromatic rings. The Kier molecular flexibility index (Phi) is 12.6. The van der Waals surface area contributed by atoms with Crippen molar-refractivity contribution < 1.29 is 28.9 Å². The van der Waals surface area contributed by atoms with Crippen molar-refractivity contribution >= 4 is 35.3 Å². The second-order valence-electron chi connectivity index (χ2n) is 14.3. The lowest BCUT2D eigenvalue weighted by Crippen LogP contribution is -2.52. The number of carbonyl (C=O) groups is 2. The van der Waals surface area contributed by atoms with Crippen molar-refractivity contribution in [1.82, 2.24) is 14.7 Å². The number of nitrogens with zero attached hydrogens (tertiary/aromatic N) is 5. The highest BCUT2D eigenvalue weighted by Crippen LogP contribution is 2.52. The molecule has 0 radical (unpaired) electrons. The van der Waals surface area contributed by atoms with Gasteiger partial charge in [0, 0.05) is 74.8 Å². The first kappa shape index (κ1) is 40.0. The molecule has 0 aromatic heterocycles. The molecule has 2 heterocycles. The van der Waals surface area contributed by atoms with Crippen LogP contribution in [0.4, 0.5) is 21.0 Å². The summed E-state index contributed by atoms with van der Waals surface area (Å²) in [6, 6.07) is 43.0. The van der Waals surface area contributed by atoms with Gasteiger partial charge in [-0.3, -0.25) is 25.1 Å². The second kappa shape index (κ2) is 18.3. The molecule has 0 N–H and O–H groups in total. The minimum absolute atomic E-state index is 0.00551. The quantitative estimate of drug-likeness (QED) is 0.0647. The van der Waals surface area contributed by atoms with E-state index in [-0.39, 0.29) is 35.9 Å². The molecule has 2 amide bonds. The van der Waals surface area contributed by atoms with Crippen molar-refractivity contribution in [2.45, 2.75) is 35.7 Å². The van der Waals surface area contributed by atoms with Gasteiger partial charge in [-0.25, -0.2) is 9.59 Å². The molecule has 7 rings (SSSR count). The lowest BCUT2D eigenvalue weighted by Gasteiger charge is -2.37. The van der Waals surface area contributed by atoms with Gasteiger partial charge >= 0.3 is 12.2 Å². The minimum Gasteiger partial charge on any atom is -0.445 e. The molecule has 58 heavy (non-hydrogen) atoms. The Morgan fingerprint density at radius 3 is 1.48 bits per heavy atom. The van der Waals surface area contributed by atoms with Gasteiger partial charge in [-0.05, 0) is 58.5 Å². The van der Waals surface area contributed by atoms with E-state index < -0.39 is 26.8 Å². The van der Waals surface area contributed by atoms with Gasteiger partial charge in [-0.1, -0.05) is 91.0 Å². The summed E-state index contributed by atoms with van der Waals surface area (Å²) in [6.45, 7) is 3.03. The highest BCUT2D eigenvalue weighted by Gasteiger charge is 2.45. The van der Waals surface area contributed by atoms with Crippen molar-refractivity contribution in [2.24, 2.45) is 0 Å². The summed E-state index contributed by atoms with van der Waals surface area (Å²) < 4.78 is 10.8. The van der Waals surface area contributed by atoms with E-state index in [4.69, 9.17) is 9.47 Å². The molecule has 2 unspecified atom stereocenters. The van der Waals surface area contributed by atoms with Crippen LogP contribution >= 0.6 is 11.8 Å². The Balaban J connectivity index is 1.08. The van der Waals surface area contributed by atoms with Crippen molar-refractivity contribution in [3.05, 3.63) is 188 Å². The van der Waals surface area contributed by atoms with Gasteiger partial charge < -0.3 is 19.3 Å². The number of thioether (sulfide) groups is 1. The van der Waals surface area contributed by atoms with Crippen LogP contribution in [0.3, 0.4) is 0 Å². The van der Waals surface area contributed by atoms with Gasteiger partial charge in [0.05, 0.1) is 14.6 Å². The van der Waals surface area contributed by atoms with Gasteiger partial charge in [0.25, 0.3) is 11.4 Å². The summed E-state index contributed by atoms with van der Waals surface area (Å²) in [6.07, 6.45) is -0.209. The molecule has 2 atom stereocenters. The van der Waals surface area contributed by atoms with Crippen LogP contribution in [-0.2, 0) is 27.4 Å². The van der Waals surface area contributed by atoms with Crippen LogP contribution in [0.2, 0.25) is 0 Å². The van der Waals surface area contributed by atoms with E-state index in [1.165, 1.54) is 24.3 Å². The highest BCUT2D eigenvalue weighted by molar-refractivity contribution is 8.01. The fourth-order valence-corrected chi connectivity index (χ4v) is 9.50. The molecule has 2 aliphatic heterocycles. The smallest absolute Gasteiger partial charge is 0.410 e. The van der Waals surface area contributed by atoms with Crippen LogP contribution in [0.15, 0.2) is 140 Å². The number of nitro groups is 2. The molecule has 14 heteroatoms. The highest BCUT2D eigenvalue weighted by atomic mass is 32.2. The van der Waals surface area contributed by atoms with Crippen LogP contribution in [0.1, 0.15) is 34.2 Å². The maximum Gasteiger partial charge on any atom is 0.410 e. The third kappa shape index (κ3) is 9.30. The third-order valence-electron chi connectivity index (χ3n) is 10.6. The molecule has 2 aliphatic rings. The zero-order chi connectivity index (χ0) is 40.5. The summed E-state index contributed by atoms with van der Waals surface area (Å²) >= 11 is 1.84. The van der Waals surface area contributed by atoms with Crippen molar-refractivity contribution in [3.8, 4) is 0 Å². The SMILES string of the molecule is O=C(OCc1ccc([N+](=O)[O-])cc1)N1CCN(CC2CC(SC(c3ccccc3)(c3ccccc3)c3ccccc3)CN2C(=O)OCc2ccc([N+](=O)[O-])cc2)CC1. The first-order valence-corrected chi connectivity index (χ1v) is 20.0. The number of nitro benzene ring substituents is 2. The maximum atomic E-state index is 14.0. The van der Waals surface area contributed by atoms with E-state index in [9.17, 15) is 29.8 Å². The number of benzene rings is 5. The van der Waals surface area contributed by atoms with E-state index in [0.717, 1.165) is 16.7 Å². The molecular weight excluding hydrogens is 759 g/mol. The molecule has 298 valence electrons. The van der Waals surface area contributed by atoms with Crippen molar-refractivity contribution in [3.63, 3.8) is 0 Å². The number of hydrogen-bond donors (Lipinski definition) is 0. The average Bonchev–Trinajstić information content (AvgIpc) is 3.66. The number of ether oxygens (including phenoxy) is 2. The van der Waals surface area contributed by atoms with E-state index in [0.29, 0.717) is 56.8 Å². The van der Waals surface area contributed by atoms with Crippen molar-refractivity contribution in [1.29, 1.82) is 0 Å². The molecule has 0 aliphatic carbocycles. The standard InChI is InChI=1S/C44H43N5O8S/c50-42(56-31-33-16-20-38(21-17-33)48(52)53)46-26-24-45(25-27-46)29-40-28-41(30-47(40)43(51)57-32-34-18-22-39(23-19-34)49(54)55)58-44(35-10-4-1-5-11-35,36-12-6-2-7-13-36)37-14-8-3-9-15-37/h1-23,40-41H,24-32H2. The number of hydrogen-bond acceptors (Lipinski definition) is 10. The van der Waals surface area contributed by atoms with Crippen LogP contribution < -0.4 is 0 Å². The second-order valence-corrected chi connectivity index (χ2v) is 15.8. The number of likely N-dealkylation sites (tertiary alicyclic amines) is 1. The molecule has 2 fully saturated rings. The molecule has 13 nitrogen and oxygen atoms in total. The molecule has 2 saturated heterocycles. The van der Waals surface area contributed by atoms with Gasteiger partial charge in [0.15, 0.2) is 0 Å². The van der Waals surface area contributed by atoms with Crippen LogP contribution in [0.5, 0.6) is 0 Å². The Bertz CT molecular complexity index is 2070. The topological polar surface area (TPSA) is 149 Å². The summed E-state index contributed by atoms with van der Waals surface area (Å²) in [7, 11) is 0. The minimum atomic E-state index is -0.585. The predicted octanol–water partition coefficient (Wildman–Crippen LogP) is 8.26. The number of non-ortho nitro benzene ring substituents is 2. The van der Waals surface area contributed by atoms with Crippen LogP contribution in [0, 0.1) is 20.2 Å². The summed E-state index contributed by atoms with van der Waals surface area (Å²) in [4.78, 5) is 53.9. The monoisotopic (exact) mass is 801 g/mol. The van der Waals surface area contributed by atoms with Crippen LogP contribution in [0.25, 0.3) is 0 Å². The molecule has 0 bridgehead atoms. The Hall–Kier alpha value is -6.25. The molecule has 5 aromatic carbocycles.